The lowest BCUT2D eigenvalue weighted by molar-refractivity contribution is 0.415. The van der Waals surface area contributed by atoms with Crippen molar-refractivity contribution in [1.82, 2.24) is 9.59 Å². The lowest BCUT2D eigenvalue weighted by Gasteiger charge is -1.98. The minimum atomic E-state index is 0.863. The fourth-order valence-corrected chi connectivity index (χ4v) is 1.56. The number of methoxy groups -OCH3 is 1. The van der Waals surface area contributed by atoms with Gasteiger partial charge in [0.25, 0.3) is 0 Å². The van der Waals surface area contributed by atoms with Crippen molar-refractivity contribution in [3.05, 3.63) is 40.9 Å². The van der Waals surface area contributed by atoms with Crippen molar-refractivity contribution in [2.24, 2.45) is 0 Å². The van der Waals surface area contributed by atoms with Crippen LogP contribution in [0.4, 0.5) is 0 Å². The zero-order valence-electron chi connectivity index (χ0n) is 8.25. The van der Waals surface area contributed by atoms with Crippen molar-refractivity contribution in [3.8, 4) is 5.75 Å². The van der Waals surface area contributed by atoms with E-state index in [1.807, 2.05) is 41.8 Å². The largest absolute Gasteiger partial charge is 0.497 e. The Bertz CT molecular complexity index is 434. The van der Waals surface area contributed by atoms with Crippen LogP contribution < -0.4 is 4.74 Å². The Hall–Kier alpha value is -1.68. The van der Waals surface area contributed by atoms with Crippen LogP contribution in [0.15, 0.2) is 29.6 Å². The number of benzene rings is 1. The van der Waals surface area contributed by atoms with Crippen molar-refractivity contribution in [3.63, 3.8) is 0 Å². The maximum atomic E-state index is 5.07. The highest BCUT2D eigenvalue weighted by molar-refractivity contribution is 7.03. The minimum Gasteiger partial charge on any atom is -0.497 e. The molecule has 0 aliphatic carbocycles. The molecule has 2 rings (SSSR count). The Morgan fingerprint density at radius 1 is 1.20 bits per heavy atom. The summed E-state index contributed by atoms with van der Waals surface area (Å²) in [7, 11) is 1.66. The monoisotopic (exact) mass is 218 g/mol. The summed E-state index contributed by atoms with van der Waals surface area (Å²) in [4.78, 5) is 0. The Balaban J connectivity index is 2.11. The zero-order chi connectivity index (χ0) is 10.5. The molecular weight excluding hydrogens is 208 g/mol. The van der Waals surface area contributed by atoms with E-state index in [0.717, 1.165) is 17.0 Å². The molecule has 1 aromatic carbocycles. The van der Waals surface area contributed by atoms with Crippen molar-refractivity contribution < 1.29 is 4.74 Å². The molecule has 0 aliphatic heterocycles. The van der Waals surface area contributed by atoms with Crippen molar-refractivity contribution in [1.29, 1.82) is 0 Å². The van der Waals surface area contributed by atoms with Crippen LogP contribution in [-0.2, 0) is 0 Å². The molecule has 0 unspecified atom stereocenters. The van der Waals surface area contributed by atoms with Crippen LogP contribution in [0.5, 0.6) is 5.75 Å². The molecule has 0 atom stereocenters. The van der Waals surface area contributed by atoms with Gasteiger partial charge in [0.2, 0.25) is 0 Å². The van der Waals surface area contributed by atoms with Crippen LogP contribution >= 0.6 is 11.5 Å². The van der Waals surface area contributed by atoms with E-state index in [9.17, 15) is 0 Å². The second-order valence-electron chi connectivity index (χ2n) is 2.94. The third kappa shape index (κ3) is 2.63. The molecule has 76 valence electrons. The highest BCUT2D eigenvalue weighted by Crippen LogP contribution is 2.13. The van der Waals surface area contributed by atoms with Gasteiger partial charge in [0.05, 0.1) is 12.8 Å². The normalized spacial score (nSPS) is 10.7. The summed E-state index contributed by atoms with van der Waals surface area (Å²) in [5.74, 6) is 0.863. The van der Waals surface area contributed by atoms with E-state index in [0.29, 0.717) is 0 Å². The van der Waals surface area contributed by atoms with E-state index < -0.39 is 0 Å². The molecular formula is C11H10N2OS. The summed E-state index contributed by atoms with van der Waals surface area (Å²) in [6.45, 7) is 0. The molecule has 0 N–H and O–H groups in total. The molecule has 0 bridgehead atoms. The average molecular weight is 218 g/mol. The predicted molar refractivity (Wildman–Crippen MR) is 61.8 cm³/mol. The quantitative estimate of drug-likeness (QED) is 0.794. The first kappa shape index (κ1) is 9.86. The summed E-state index contributed by atoms with van der Waals surface area (Å²) < 4.78 is 8.86. The highest BCUT2D eigenvalue weighted by Gasteiger charge is 1.91. The summed E-state index contributed by atoms with van der Waals surface area (Å²) in [6, 6.07) is 7.85. The van der Waals surface area contributed by atoms with Gasteiger partial charge in [0.15, 0.2) is 0 Å². The maximum Gasteiger partial charge on any atom is 0.118 e. The van der Waals surface area contributed by atoms with E-state index >= 15 is 0 Å². The molecule has 0 aliphatic rings. The lowest BCUT2D eigenvalue weighted by atomic mass is 10.2. The first-order chi connectivity index (χ1) is 7.38. The molecule has 0 radical (unpaired) electrons. The van der Waals surface area contributed by atoms with E-state index in [1.54, 1.807) is 7.11 Å². The molecule has 0 spiro atoms. The second kappa shape index (κ2) is 4.70. The van der Waals surface area contributed by atoms with Crippen LogP contribution in [0.1, 0.15) is 11.3 Å². The van der Waals surface area contributed by atoms with Gasteiger partial charge in [0, 0.05) is 5.38 Å². The summed E-state index contributed by atoms with van der Waals surface area (Å²) >= 11 is 1.35. The van der Waals surface area contributed by atoms with E-state index in [2.05, 4.69) is 9.59 Å². The van der Waals surface area contributed by atoms with Crippen LogP contribution in [-0.4, -0.2) is 16.7 Å². The molecule has 1 heterocycles. The third-order valence-corrected chi connectivity index (χ3v) is 2.46. The SMILES string of the molecule is COc1ccc(/C=C/c2csnn2)cc1. The number of nitrogens with zero attached hydrogens (tertiary/aromatic N) is 2. The standard InChI is InChI=1S/C11H10N2OS/c1-14-11-6-3-9(4-7-11)2-5-10-8-15-13-12-10/h2-8H,1H3/b5-2+. The van der Waals surface area contributed by atoms with Gasteiger partial charge in [-0.2, -0.15) is 0 Å². The first-order valence-corrected chi connectivity index (χ1v) is 5.31. The molecule has 0 saturated heterocycles. The van der Waals surface area contributed by atoms with Gasteiger partial charge in [-0.25, -0.2) is 0 Å². The van der Waals surface area contributed by atoms with Crippen LogP contribution in [0.2, 0.25) is 0 Å². The highest BCUT2D eigenvalue weighted by atomic mass is 32.1. The predicted octanol–water partition coefficient (Wildman–Crippen LogP) is 2.72. The van der Waals surface area contributed by atoms with Gasteiger partial charge >= 0.3 is 0 Å². The number of ether oxygens (including phenoxy) is 1. The Labute approximate surface area is 92.2 Å². The van der Waals surface area contributed by atoms with Crippen molar-refractivity contribution >= 4 is 23.7 Å². The van der Waals surface area contributed by atoms with Crippen LogP contribution in [0.25, 0.3) is 12.2 Å². The number of rotatable bonds is 3. The fourth-order valence-electron chi connectivity index (χ4n) is 1.14. The zero-order valence-corrected chi connectivity index (χ0v) is 9.07. The molecule has 0 amide bonds. The summed E-state index contributed by atoms with van der Waals surface area (Å²) in [5, 5.41) is 5.82. The van der Waals surface area contributed by atoms with E-state index in [-0.39, 0.29) is 0 Å². The molecule has 4 heteroatoms. The molecule has 2 aromatic rings. The second-order valence-corrected chi connectivity index (χ2v) is 3.55. The fraction of sp³-hybridized carbons (Fsp3) is 0.0909. The Morgan fingerprint density at radius 3 is 2.60 bits per heavy atom. The molecule has 1 aromatic heterocycles. The van der Waals surface area contributed by atoms with Crippen molar-refractivity contribution in [2.45, 2.75) is 0 Å². The maximum absolute atomic E-state index is 5.07. The average Bonchev–Trinajstić information content (AvgIpc) is 2.80. The van der Waals surface area contributed by atoms with Gasteiger partial charge < -0.3 is 4.74 Å². The van der Waals surface area contributed by atoms with E-state index in [4.69, 9.17) is 4.74 Å². The Morgan fingerprint density at radius 2 is 2.00 bits per heavy atom. The first-order valence-electron chi connectivity index (χ1n) is 4.47. The summed E-state index contributed by atoms with van der Waals surface area (Å²) in [6.07, 6.45) is 3.93. The summed E-state index contributed by atoms with van der Waals surface area (Å²) in [5.41, 5.74) is 2.00. The molecule has 3 nitrogen and oxygen atoms in total. The minimum absolute atomic E-state index is 0.863. The van der Waals surface area contributed by atoms with E-state index in [1.165, 1.54) is 11.5 Å². The van der Waals surface area contributed by atoms with Crippen LogP contribution in [0, 0.1) is 0 Å². The van der Waals surface area contributed by atoms with Gasteiger partial charge in [0.1, 0.15) is 5.75 Å². The lowest BCUT2D eigenvalue weighted by Crippen LogP contribution is -1.81. The topological polar surface area (TPSA) is 35.0 Å². The van der Waals surface area contributed by atoms with Crippen molar-refractivity contribution in [2.75, 3.05) is 7.11 Å². The number of aromatic nitrogens is 2. The third-order valence-electron chi connectivity index (χ3n) is 1.94. The van der Waals surface area contributed by atoms with Gasteiger partial charge in [-0.3, -0.25) is 0 Å². The molecule has 0 saturated carbocycles. The Kier molecular flexibility index (Phi) is 3.09. The molecule has 15 heavy (non-hydrogen) atoms. The number of hydrogen-bond acceptors (Lipinski definition) is 4. The van der Waals surface area contributed by atoms with Crippen LogP contribution in [0.3, 0.4) is 0 Å². The number of hydrogen-bond donors (Lipinski definition) is 0. The van der Waals surface area contributed by atoms with Gasteiger partial charge in [-0.05, 0) is 35.3 Å². The van der Waals surface area contributed by atoms with Gasteiger partial charge in [-0.15, -0.1) is 5.10 Å². The van der Waals surface area contributed by atoms with Gasteiger partial charge in [-0.1, -0.05) is 22.7 Å². The molecule has 0 fully saturated rings. The smallest absolute Gasteiger partial charge is 0.118 e.